The van der Waals surface area contributed by atoms with Crippen LogP contribution in [0, 0.1) is 17.5 Å². The molecular weight excluding hydrogens is 428 g/mol. The summed E-state index contributed by atoms with van der Waals surface area (Å²) in [7, 11) is 0. The molecule has 2 aromatic carbocycles. The van der Waals surface area contributed by atoms with E-state index in [1.165, 1.54) is 17.0 Å². The van der Waals surface area contributed by atoms with Gasteiger partial charge in [-0.25, -0.2) is 13.2 Å². The highest BCUT2D eigenvalue weighted by Gasteiger charge is 2.32. The van der Waals surface area contributed by atoms with E-state index in [1.807, 2.05) is 0 Å². The average molecular weight is 441 g/mol. The van der Waals surface area contributed by atoms with Crippen LogP contribution in [-0.2, 0) is 13.1 Å². The summed E-state index contributed by atoms with van der Waals surface area (Å²) in [4.78, 5) is 14.5. The van der Waals surface area contributed by atoms with E-state index in [1.54, 1.807) is 11.5 Å². The first-order valence-electron chi connectivity index (χ1n) is 8.60. The standard InChI is InChI=1S/C19H13Cl2F3N4O/c1-9-7-28-15(25-26-18(28)11-3-2-10(22)6-14(11)24)8-27(9)19(29)12-4-5-13(23)17(21)16(12)20/h2-6,9H,7-8H2,1H3/t9-/m0/s1. The molecule has 1 amide bonds. The van der Waals surface area contributed by atoms with E-state index >= 15 is 0 Å². The highest BCUT2D eigenvalue weighted by molar-refractivity contribution is 6.43. The number of aromatic nitrogens is 3. The topological polar surface area (TPSA) is 51.0 Å². The number of hydrogen-bond donors (Lipinski definition) is 0. The highest BCUT2D eigenvalue weighted by atomic mass is 35.5. The Morgan fingerprint density at radius 2 is 1.83 bits per heavy atom. The van der Waals surface area contributed by atoms with Crippen LogP contribution in [0.2, 0.25) is 10.0 Å². The van der Waals surface area contributed by atoms with Crippen LogP contribution in [0.1, 0.15) is 23.1 Å². The van der Waals surface area contributed by atoms with Crippen molar-refractivity contribution >= 4 is 29.1 Å². The lowest BCUT2D eigenvalue weighted by molar-refractivity contribution is 0.0612. The molecule has 150 valence electrons. The molecule has 1 aromatic heterocycles. The zero-order chi connectivity index (χ0) is 20.9. The summed E-state index contributed by atoms with van der Waals surface area (Å²) < 4.78 is 42.6. The lowest BCUT2D eigenvalue weighted by Gasteiger charge is -2.34. The van der Waals surface area contributed by atoms with Gasteiger partial charge in [0.25, 0.3) is 5.91 Å². The fourth-order valence-electron chi connectivity index (χ4n) is 3.30. The Balaban J connectivity index is 1.67. The molecular formula is C19H13Cl2F3N4O. The average Bonchev–Trinajstić information content (AvgIpc) is 3.07. The second-order valence-corrected chi connectivity index (χ2v) is 7.44. The summed E-state index contributed by atoms with van der Waals surface area (Å²) in [5.41, 5.74) is 0.188. The molecule has 0 unspecified atom stereocenters. The van der Waals surface area contributed by atoms with E-state index in [2.05, 4.69) is 10.2 Å². The molecule has 2 heterocycles. The summed E-state index contributed by atoms with van der Waals surface area (Å²) in [6.45, 7) is 2.17. The fourth-order valence-corrected chi connectivity index (χ4v) is 3.70. The van der Waals surface area contributed by atoms with Gasteiger partial charge >= 0.3 is 0 Å². The monoisotopic (exact) mass is 440 g/mol. The van der Waals surface area contributed by atoms with Crippen LogP contribution in [0.3, 0.4) is 0 Å². The maximum Gasteiger partial charge on any atom is 0.256 e. The summed E-state index contributed by atoms with van der Waals surface area (Å²) in [5, 5.41) is 7.59. The van der Waals surface area contributed by atoms with Crippen molar-refractivity contribution in [2.75, 3.05) is 0 Å². The highest BCUT2D eigenvalue weighted by Crippen LogP contribution is 2.32. The van der Waals surface area contributed by atoms with Crippen molar-refractivity contribution in [3.8, 4) is 11.4 Å². The van der Waals surface area contributed by atoms with E-state index in [0.29, 0.717) is 5.82 Å². The van der Waals surface area contributed by atoms with Crippen molar-refractivity contribution in [1.82, 2.24) is 19.7 Å². The second-order valence-electron chi connectivity index (χ2n) is 6.68. The minimum Gasteiger partial charge on any atom is -0.327 e. The first kappa shape index (κ1) is 19.7. The van der Waals surface area contributed by atoms with Crippen LogP contribution in [0.25, 0.3) is 11.4 Å². The molecule has 1 atom stereocenters. The van der Waals surface area contributed by atoms with Gasteiger partial charge in [0.1, 0.15) is 17.5 Å². The van der Waals surface area contributed by atoms with Crippen molar-refractivity contribution in [2.45, 2.75) is 26.1 Å². The quantitative estimate of drug-likeness (QED) is 0.542. The van der Waals surface area contributed by atoms with Crippen LogP contribution in [0.5, 0.6) is 0 Å². The minimum absolute atomic E-state index is 0.0719. The van der Waals surface area contributed by atoms with Crippen molar-refractivity contribution in [3.63, 3.8) is 0 Å². The van der Waals surface area contributed by atoms with Crippen molar-refractivity contribution in [3.05, 3.63) is 69.2 Å². The van der Waals surface area contributed by atoms with E-state index in [-0.39, 0.29) is 46.1 Å². The Bertz CT molecular complexity index is 1130. The molecule has 0 saturated carbocycles. The Morgan fingerprint density at radius 1 is 1.07 bits per heavy atom. The maximum atomic E-state index is 14.2. The summed E-state index contributed by atoms with van der Waals surface area (Å²) >= 11 is 11.9. The van der Waals surface area contributed by atoms with Gasteiger partial charge in [0.05, 0.1) is 27.7 Å². The number of amides is 1. The van der Waals surface area contributed by atoms with Gasteiger partial charge in [-0.1, -0.05) is 23.2 Å². The van der Waals surface area contributed by atoms with Gasteiger partial charge < -0.3 is 9.47 Å². The van der Waals surface area contributed by atoms with Crippen molar-refractivity contribution < 1.29 is 18.0 Å². The van der Waals surface area contributed by atoms with Crippen LogP contribution in [0.4, 0.5) is 13.2 Å². The summed E-state index contributed by atoms with van der Waals surface area (Å²) in [6, 6.07) is 5.24. The molecule has 1 aliphatic heterocycles. The molecule has 4 rings (SSSR count). The van der Waals surface area contributed by atoms with Crippen molar-refractivity contribution in [2.24, 2.45) is 0 Å². The predicted molar refractivity (Wildman–Crippen MR) is 101 cm³/mol. The first-order valence-corrected chi connectivity index (χ1v) is 9.35. The normalized spacial score (nSPS) is 16.1. The molecule has 10 heteroatoms. The molecule has 0 spiro atoms. The van der Waals surface area contributed by atoms with Gasteiger partial charge in [0.15, 0.2) is 11.6 Å². The molecule has 5 nitrogen and oxygen atoms in total. The maximum absolute atomic E-state index is 14.2. The van der Waals surface area contributed by atoms with Gasteiger partial charge in [0.2, 0.25) is 0 Å². The van der Waals surface area contributed by atoms with E-state index in [4.69, 9.17) is 23.2 Å². The van der Waals surface area contributed by atoms with E-state index in [0.717, 1.165) is 18.2 Å². The lowest BCUT2D eigenvalue weighted by atomic mass is 10.1. The summed E-state index contributed by atoms with van der Waals surface area (Å²) in [5.74, 6) is -1.92. The zero-order valence-electron chi connectivity index (χ0n) is 15.0. The number of carbonyl (C=O) groups excluding carboxylic acids is 1. The Kier molecular flexibility index (Phi) is 5.00. The predicted octanol–water partition coefficient (Wildman–Crippen LogP) is 4.71. The van der Waals surface area contributed by atoms with Crippen molar-refractivity contribution in [1.29, 1.82) is 0 Å². The fraction of sp³-hybridized carbons (Fsp3) is 0.211. The van der Waals surface area contributed by atoms with Crippen LogP contribution in [-0.4, -0.2) is 31.6 Å². The molecule has 0 aliphatic carbocycles. The Labute approximate surface area is 173 Å². The number of benzene rings is 2. The number of halogens is 5. The van der Waals surface area contributed by atoms with E-state index in [9.17, 15) is 18.0 Å². The number of hydrogen-bond acceptors (Lipinski definition) is 3. The number of nitrogens with zero attached hydrogens (tertiary/aromatic N) is 4. The number of carbonyl (C=O) groups is 1. The van der Waals surface area contributed by atoms with Crippen LogP contribution in [0.15, 0.2) is 30.3 Å². The SMILES string of the molecule is C[C@H]1Cn2c(nnc2-c2ccc(F)cc2F)CN1C(=O)c1ccc(F)c(Cl)c1Cl. The smallest absolute Gasteiger partial charge is 0.256 e. The van der Waals surface area contributed by atoms with Gasteiger partial charge in [-0.05, 0) is 31.2 Å². The second kappa shape index (κ2) is 7.35. The van der Waals surface area contributed by atoms with Crippen LogP contribution < -0.4 is 0 Å². The largest absolute Gasteiger partial charge is 0.327 e. The van der Waals surface area contributed by atoms with Crippen LogP contribution >= 0.6 is 23.2 Å². The molecule has 0 saturated heterocycles. The van der Waals surface area contributed by atoms with Gasteiger partial charge in [-0.3, -0.25) is 4.79 Å². The summed E-state index contributed by atoms with van der Waals surface area (Å²) in [6.07, 6.45) is 0. The first-order chi connectivity index (χ1) is 13.8. The molecule has 0 fully saturated rings. The zero-order valence-corrected chi connectivity index (χ0v) is 16.5. The minimum atomic E-state index is -0.751. The van der Waals surface area contributed by atoms with Gasteiger partial charge in [0, 0.05) is 18.7 Å². The molecule has 3 aromatic rings. The van der Waals surface area contributed by atoms with Gasteiger partial charge in [-0.2, -0.15) is 0 Å². The number of fused-ring (bicyclic) bond motifs is 1. The van der Waals surface area contributed by atoms with E-state index < -0.39 is 23.4 Å². The third kappa shape index (κ3) is 3.36. The Hall–Kier alpha value is -2.58. The third-order valence-corrected chi connectivity index (χ3v) is 5.68. The van der Waals surface area contributed by atoms with Gasteiger partial charge in [-0.15, -0.1) is 10.2 Å². The molecule has 1 aliphatic rings. The lowest BCUT2D eigenvalue weighted by Crippen LogP contribution is -2.45. The molecule has 0 radical (unpaired) electrons. The molecule has 0 N–H and O–H groups in total. The third-order valence-electron chi connectivity index (χ3n) is 4.82. The number of rotatable bonds is 2. The molecule has 0 bridgehead atoms. The molecule has 29 heavy (non-hydrogen) atoms. The Morgan fingerprint density at radius 3 is 2.55 bits per heavy atom.